The summed E-state index contributed by atoms with van der Waals surface area (Å²) in [5.74, 6) is 0.621. The molecule has 0 amide bonds. The predicted octanol–water partition coefficient (Wildman–Crippen LogP) is 4.98. The van der Waals surface area contributed by atoms with E-state index >= 15 is 0 Å². The number of aromatic nitrogens is 1. The predicted molar refractivity (Wildman–Crippen MR) is 97.8 cm³/mol. The lowest BCUT2D eigenvalue weighted by molar-refractivity contribution is 0.615. The zero-order valence-corrected chi connectivity index (χ0v) is 13.5. The van der Waals surface area contributed by atoms with Crippen molar-refractivity contribution in [2.75, 3.05) is 5.73 Å². The van der Waals surface area contributed by atoms with Crippen molar-refractivity contribution in [3.05, 3.63) is 83.4 Å². The molecule has 0 atom stereocenters. The van der Waals surface area contributed by atoms with E-state index in [-0.39, 0.29) is 0 Å². The Bertz CT molecular complexity index is 1000. The number of nitrogen functional groups attached to an aromatic ring is 1. The summed E-state index contributed by atoms with van der Waals surface area (Å²) in [6.07, 6.45) is 0.822. The summed E-state index contributed by atoms with van der Waals surface area (Å²) >= 11 is 0. The first kappa shape index (κ1) is 14.5. The number of para-hydroxylation sites is 1. The third kappa shape index (κ3) is 2.54. The molecule has 0 unspecified atom stereocenters. The molecule has 0 fully saturated rings. The van der Waals surface area contributed by atoms with E-state index in [9.17, 15) is 0 Å². The largest absolute Gasteiger partial charge is 0.436 e. The molecule has 118 valence electrons. The molecule has 4 aromatic rings. The van der Waals surface area contributed by atoms with Crippen molar-refractivity contribution in [1.29, 1.82) is 0 Å². The van der Waals surface area contributed by atoms with Gasteiger partial charge in [0.1, 0.15) is 5.52 Å². The van der Waals surface area contributed by atoms with Crippen LogP contribution in [0.2, 0.25) is 0 Å². The lowest BCUT2D eigenvalue weighted by Gasteiger charge is -2.04. The smallest absolute Gasteiger partial charge is 0.227 e. The number of fused-ring (bicyclic) bond motifs is 1. The molecule has 0 spiro atoms. The highest BCUT2D eigenvalue weighted by Gasteiger charge is 2.14. The summed E-state index contributed by atoms with van der Waals surface area (Å²) in [4.78, 5) is 4.66. The van der Waals surface area contributed by atoms with Gasteiger partial charge in [-0.2, -0.15) is 0 Å². The molecule has 24 heavy (non-hydrogen) atoms. The minimum absolute atomic E-state index is 0.621. The van der Waals surface area contributed by atoms with Gasteiger partial charge in [-0.05, 0) is 36.2 Å². The van der Waals surface area contributed by atoms with E-state index in [0.717, 1.165) is 39.9 Å². The van der Waals surface area contributed by atoms with Gasteiger partial charge in [-0.1, -0.05) is 48.5 Å². The standard InChI is InChI=1S/C21H18N2O/c1-14-17(10-6-11-18(14)22)21-23-19-12-5-9-16(20(19)24-21)13-15-7-3-2-4-8-15/h2-12H,13,22H2,1H3. The Morgan fingerprint density at radius 1 is 0.917 bits per heavy atom. The molecule has 3 aromatic carbocycles. The first-order valence-corrected chi connectivity index (χ1v) is 8.00. The molecule has 0 aliphatic carbocycles. The number of rotatable bonds is 3. The monoisotopic (exact) mass is 314 g/mol. The van der Waals surface area contributed by atoms with Gasteiger partial charge in [-0.3, -0.25) is 0 Å². The Kier molecular flexibility index (Phi) is 3.54. The number of oxazole rings is 1. The van der Waals surface area contributed by atoms with Gasteiger partial charge in [-0.15, -0.1) is 0 Å². The van der Waals surface area contributed by atoms with E-state index in [2.05, 4.69) is 35.3 Å². The third-order valence-corrected chi connectivity index (χ3v) is 4.34. The molecule has 1 aromatic heterocycles. The van der Waals surface area contributed by atoms with Crippen LogP contribution in [0.15, 0.2) is 71.1 Å². The quantitative estimate of drug-likeness (QED) is 0.543. The number of anilines is 1. The van der Waals surface area contributed by atoms with Gasteiger partial charge in [0.25, 0.3) is 0 Å². The zero-order valence-electron chi connectivity index (χ0n) is 13.5. The first-order valence-electron chi connectivity index (χ1n) is 8.00. The molecule has 2 N–H and O–H groups in total. The summed E-state index contributed by atoms with van der Waals surface area (Å²) in [5.41, 5.74) is 12.8. The van der Waals surface area contributed by atoms with Crippen molar-refractivity contribution >= 4 is 16.8 Å². The molecule has 0 saturated carbocycles. The Morgan fingerprint density at radius 3 is 2.54 bits per heavy atom. The fraction of sp³-hybridized carbons (Fsp3) is 0.0952. The molecule has 0 saturated heterocycles. The van der Waals surface area contributed by atoms with Crippen LogP contribution in [0.5, 0.6) is 0 Å². The van der Waals surface area contributed by atoms with Crippen LogP contribution in [-0.4, -0.2) is 4.98 Å². The van der Waals surface area contributed by atoms with Crippen LogP contribution in [0.25, 0.3) is 22.6 Å². The second-order valence-electron chi connectivity index (χ2n) is 5.97. The molecule has 0 bridgehead atoms. The van der Waals surface area contributed by atoms with E-state index in [4.69, 9.17) is 10.2 Å². The summed E-state index contributed by atoms with van der Waals surface area (Å²) < 4.78 is 6.13. The second-order valence-corrected chi connectivity index (χ2v) is 5.97. The first-order chi connectivity index (χ1) is 11.7. The summed E-state index contributed by atoms with van der Waals surface area (Å²) in [6, 6.07) is 22.3. The van der Waals surface area contributed by atoms with Crippen molar-refractivity contribution in [1.82, 2.24) is 4.98 Å². The normalized spacial score (nSPS) is 11.0. The minimum atomic E-state index is 0.621. The van der Waals surface area contributed by atoms with Crippen molar-refractivity contribution in [2.45, 2.75) is 13.3 Å². The Balaban J connectivity index is 1.81. The van der Waals surface area contributed by atoms with Gasteiger partial charge in [0.2, 0.25) is 5.89 Å². The Morgan fingerprint density at radius 2 is 1.71 bits per heavy atom. The highest BCUT2D eigenvalue weighted by atomic mass is 16.3. The number of nitrogens with zero attached hydrogens (tertiary/aromatic N) is 1. The average molecular weight is 314 g/mol. The van der Waals surface area contributed by atoms with Crippen LogP contribution in [0.3, 0.4) is 0 Å². The van der Waals surface area contributed by atoms with Gasteiger partial charge in [-0.25, -0.2) is 4.98 Å². The number of hydrogen-bond acceptors (Lipinski definition) is 3. The Hall–Kier alpha value is -3.07. The topological polar surface area (TPSA) is 52.0 Å². The van der Waals surface area contributed by atoms with Crippen LogP contribution in [0.4, 0.5) is 5.69 Å². The van der Waals surface area contributed by atoms with Crippen molar-refractivity contribution in [3.8, 4) is 11.5 Å². The summed E-state index contributed by atoms with van der Waals surface area (Å²) in [5, 5.41) is 0. The summed E-state index contributed by atoms with van der Waals surface area (Å²) in [7, 11) is 0. The molecular weight excluding hydrogens is 296 g/mol. The fourth-order valence-corrected chi connectivity index (χ4v) is 2.96. The molecule has 0 radical (unpaired) electrons. The fourth-order valence-electron chi connectivity index (χ4n) is 2.96. The Labute approximate surface area is 140 Å². The van der Waals surface area contributed by atoms with Crippen LogP contribution in [0.1, 0.15) is 16.7 Å². The van der Waals surface area contributed by atoms with E-state index < -0.39 is 0 Å². The molecular formula is C21H18N2O. The van der Waals surface area contributed by atoms with E-state index in [1.165, 1.54) is 5.56 Å². The SMILES string of the molecule is Cc1c(N)cccc1-c1nc2cccc(Cc3ccccc3)c2o1. The van der Waals surface area contributed by atoms with Gasteiger partial charge < -0.3 is 10.2 Å². The van der Waals surface area contributed by atoms with Crippen LogP contribution >= 0.6 is 0 Å². The highest BCUT2D eigenvalue weighted by Crippen LogP contribution is 2.31. The van der Waals surface area contributed by atoms with Crippen LogP contribution in [0, 0.1) is 6.92 Å². The molecule has 3 nitrogen and oxygen atoms in total. The van der Waals surface area contributed by atoms with Crippen molar-refractivity contribution < 1.29 is 4.42 Å². The van der Waals surface area contributed by atoms with Crippen LogP contribution < -0.4 is 5.73 Å². The maximum atomic E-state index is 6.13. The third-order valence-electron chi connectivity index (χ3n) is 4.34. The number of nitrogens with two attached hydrogens (primary N) is 1. The maximum absolute atomic E-state index is 6.13. The van der Waals surface area contributed by atoms with Crippen LogP contribution in [-0.2, 0) is 6.42 Å². The van der Waals surface area contributed by atoms with Crippen molar-refractivity contribution in [2.24, 2.45) is 0 Å². The highest BCUT2D eigenvalue weighted by molar-refractivity contribution is 5.81. The van der Waals surface area contributed by atoms with Gasteiger partial charge >= 0.3 is 0 Å². The molecule has 3 heteroatoms. The average Bonchev–Trinajstić information content (AvgIpc) is 3.03. The van der Waals surface area contributed by atoms with Gasteiger partial charge in [0.05, 0.1) is 0 Å². The molecule has 4 rings (SSSR count). The number of benzene rings is 3. The van der Waals surface area contributed by atoms with E-state index in [1.807, 2.05) is 43.3 Å². The molecule has 0 aliphatic rings. The van der Waals surface area contributed by atoms with Gasteiger partial charge in [0, 0.05) is 23.2 Å². The second kappa shape index (κ2) is 5.85. The van der Waals surface area contributed by atoms with E-state index in [0.29, 0.717) is 5.89 Å². The minimum Gasteiger partial charge on any atom is -0.436 e. The van der Waals surface area contributed by atoms with E-state index in [1.54, 1.807) is 0 Å². The van der Waals surface area contributed by atoms with Gasteiger partial charge in [0.15, 0.2) is 5.58 Å². The lowest BCUT2D eigenvalue weighted by Crippen LogP contribution is -1.91. The maximum Gasteiger partial charge on any atom is 0.227 e. The summed E-state index contributed by atoms with van der Waals surface area (Å²) in [6.45, 7) is 1.99. The molecule has 0 aliphatic heterocycles. The lowest BCUT2D eigenvalue weighted by atomic mass is 10.0. The molecule has 1 heterocycles. The zero-order chi connectivity index (χ0) is 16.5. The number of hydrogen-bond donors (Lipinski definition) is 1. The van der Waals surface area contributed by atoms with Crippen molar-refractivity contribution in [3.63, 3.8) is 0 Å².